The first-order chi connectivity index (χ1) is 71.1. The minimum atomic E-state index is -1.69. The summed E-state index contributed by atoms with van der Waals surface area (Å²) in [7, 11) is 2.12. The van der Waals surface area contributed by atoms with Gasteiger partial charge in [-0.3, -0.25) is 53.8 Å². The second kappa shape index (κ2) is 39.3. The summed E-state index contributed by atoms with van der Waals surface area (Å²) in [6, 6.07) is 25.2. The Morgan fingerprint density at radius 1 is 0.473 bits per heavy atom. The molecule has 2 aromatic carbocycles. The van der Waals surface area contributed by atoms with Crippen molar-refractivity contribution in [3.05, 3.63) is 198 Å². The van der Waals surface area contributed by atoms with Crippen LogP contribution in [0.1, 0.15) is 197 Å². The van der Waals surface area contributed by atoms with Gasteiger partial charge < -0.3 is 74.5 Å². The number of nitrogens with zero attached hydrogens (tertiary/aromatic N) is 5. The number of pyridine rings is 2. The number of esters is 1. The number of hydrogen-bond donors (Lipinski definition) is 10. The molecule has 18 aliphatic rings. The van der Waals surface area contributed by atoms with Crippen LogP contribution in [0.3, 0.4) is 0 Å². The maximum atomic E-state index is 14.3. The summed E-state index contributed by atoms with van der Waals surface area (Å²) in [4.78, 5) is 158. The number of nitrogens with one attached hydrogen (secondary N) is 3. The Labute approximate surface area is 878 Å². The summed E-state index contributed by atoms with van der Waals surface area (Å²) in [6.45, 7) is 22.6. The van der Waals surface area contributed by atoms with Crippen molar-refractivity contribution in [2.75, 3.05) is 68.5 Å². The highest BCUT2D eigenvalue weighted by molar-refractivity contribution is 7.22. The summed E-state index contributed by atoms with van der Waals surface area (Å²) in [6.07, 6.45) is 30.9. The number of para-hydroxylation sites is 1. The molecular weight excluding hydrogens is 1930 g/mol. The lowest BCUT2D eigenvalue weighted by Gasteiger charge is -2.59. The number of likely N-dealkylation sites (N-methyl/N-ethyl adjacent to an activating group) is 1. The fraction of sp³-hybridized carbons (Fsp3) is 0.576. The number of carbonyl (C=O) groups is 11. The van der Waals surface area contributed by atoms with Gasteiger partial charge in [0, 0.05) is 111 Å². The average molecular weight is 2070 g/mol. The topological polar surface area (TPSA) is 457 Å². The second-order valence-electron chi connectivity index (χ2n) is 48.5. The van der Waals surface area contributed by atoms with E-state index in [0.29, 0.717) is 74.5 Å². The lowest BCUT2D eigenvalue weighted by molar-refractivity contribution is -0.223. The van der Waals surface area contributed by atoms with E-state index in [9.17, 15) is 88.5 Å². The first-order valence-electron chi connectivity index (χ1n) is 53.8. The molecule has 31 nitrogen and oxygen atoms in total. The maximum absolute atomic E-state index is 14.3. The normalized spacial score (nSPS) is 39.9. The molecule has 23 rings (SSSR count). The van der Waals surface area contributed by atoms with Crippen LogP contribution < -0.4 is 25.6 Å². The summed E-state index contributed by atoms with van der Waals surface area (Å²) < 4.78 is 28.9. The molecule has 2 aliphatic heterocycles. The number of aliphatic hydroxyl groups is 7. The Kier molecular flexibility index (Phi) is 27.8. The molecule has 29 atom stereocenters. The van der Waals surface area contributed by atoms with Gasteiger partial charge in [-0.1, -0.05) is 150 Å². The Balaban J connectivity index is 0.000000121. The fourth-order valence-corrected chi connectivity index (χ4v) is 34.1. The van der Waals surface area contributed by atoms with Crippen molar-refractivity contribution in [1.29, 1.82) is 0 Å². The largest absolute Gasteiger partial charge is 0.457 e. The third-order valence-electron chi connectivity index (χ3n) is 40.6. The number of benzene rings is 2. The third-order valence-corrected chi connectivity index (χ3v) is 41.5. The quantitative estimate of drug-likeness (QED) is 0.0410. The molecule has 150 heavy (non-hydrogen) atoms. The number of Topliss-reactive ketones (excluding diaryl/α,β-unsaturated/α-hetero) is 3. The molecule has 0 bridgehead atoms. The smallest absolute Gasteiger partial charge is 0.413 e. The molecule has 5 heterocycles. The van der Waals surface area contributed by atoms with Gasteiger partial charge >= 0.3 is 18.2 Å². The molecule has 14 fully saturated rings. The number of fused-ring (bicyclic) bond motifs is 23. The molecule has 12 saturated carbocycles. The summed E-state index contributed by atoms with van der Waals surface area (Å²) >= 11 is 1.33. The number of allylic oxidation sites excluding steroid dienone is 16. The van der Waals surface area contributed by atoms with E-state index in [4.69, 9.17) is 23.7 Å². The number of piperazine rings is 1. The Bertz CT molecular complexity index is 6300. The van der Waals surface area contributed by atoms with E-state index in [1.807, 2.05) is 95.3 Å². The monoisotopic (exact) mass is 2070 g/mol. The standard InChI is InChI=1S/C34H44N2O6.C29H33N3O5S.C28H33NO6.C27H32N2O6/c1-32-12-10-25(37)19-23(32)6-9-26-27-11-13-34(41,33(27,2)20-28(38)31(26)32)29(39)21-42-30(40)18-22-4-7-24(8-5-22)36-16-14-35(3)15-17-36;1-26(2)36-21-13-18-17-8-7-15-12-16(33)9-10-27(15,3)22(17)20(34)14-28(18,4)29(21,37-26)24(35)32-25-31-19-6-5-11-30-23(19)38-25;1-26-12-10-18(30)14-17(26)8-9-20-21-11-13-28(34,27(21,2)15-22(31)24(20)26)23(32)16-29-25(33)35-19-6-4-3-5-7-19;1-25-10-8-17(30)13-16(25)6-7-18-19-9-11-27(34,26(19,2)14-20(31)23(18)25)21(32)15-35-24(33)29-22-5-3-4-12-28-22/h4-5,7-8,10,12,19,26-28,31,38,41H,6,9,11,13-18,20-21H2,1-3H3;5-6,9-12,17-18,20-22,34H,7-8,13-14H2,1-4H3,(H,31,32,35);3-7,10,12,14,20-22,24,31,34H,8-9,11,13,15-16H2,1-2H3,(H,29,33);3-5,8,10,12-13,18-20,23,31,34H,6-7,9,11,14-15H2,1-2H3,(H,28,29,33)/t26?,27?,28-,31?,32?,33?,34-;17?,18?,20-,21+,22?,27?,28?,29-;20?,21?,22-,24?,26?,27?,28-;18?,19?,20-,23?,25?,26?,27-/m0000/s1. The van der Waals surface area contributed by atoms with Crippen LogP contribution in [0, 0.1) is 114 Å². The van der Waals surface area contributed by atoms with Crippen molar-refractivity contribution in [1.82, 2.24) is 25.2 Å². The first-order valence-corrected chi connectivity index (χ1v) is 54.6. The minimum Gasteiger partial charge on any atom is -0.457 e. The number of thiazole rings is 1. The van der Waals surface area contributed by atoms with Gasteiger partial charge in [0.05, 0.1) is 43.5 Å². The van der Waals surface area contributed by atoms with Crippen molar-refractivity contribution >= 4 is 103 Å². The van der Waals surface area contributed by atoms with Crippen LogP contribution in [-0.4, -0.2) is 232 Å². The van der Waals surface area contributed by atoms with Crippen LogP contribution in [0.15, 0.2) is 193 Å². The maximum Gasteiger partial charge on any atom is 0.413 e. The molecule has 3 amide bonds. The molecule has 16 aliphatic carbocycles. The van der Waals surface area contributed by atoms with Crippen LogP contribution in [0.4, 0.5) is 26.2 Å². The molecule has 798 valence electrons. The van der Waals surface area contributed by atoms with E-state index in [2.05, 4.69) is 82.4 Å². The number of rotatable bonds is 16. The van der Waals surface area contributed by atoms with Crippen molar-refractivity contribution < 1.29 is 112 Å². The zero-order valence-electron chi connectivity index (χ0n) is 87.4. The van der Waals surface area contributed by atoms with Crippen LogP contribution in [0.5, 0.6) is 5.75 Å². The Morgan fingerprint density at radius 3 is 1.36 bits per heavy atom. The van der Waals surface area contributed by atoms with E-state index in [-0.39, 0.29) is 131 Å². The summed E-state index contributed by atoms with van der Waals surface area (Å²) in [5, 5.41) is 90.0. The van der Waals surface area contributed by atoms with Gasteiger partial charge in [-0.05, 0) is 293 Å². The Hall–Kier alpha value is -10.9. The van der Waals surface area contributed by atoms with E-state index in [1.165, 1.54) is 17.5 Å². The highest BCUT2D eigenvalue weighted by Gasteiger charge is 2.79. The van der Waals surface area contributed by atoms with Crippen molar-refractivity contribution in [3.63, 3.8) is 0 Å². The fourth-order valence-electron chi connectivity index (χ4n) is 33.3. The third kappa shape index (κ3) is 17.8. The van der Waals surface area contributed by atoms with Crippen molar-refractivity contribution in [3.8, 4) is 5.75 Å². The molecular formula is C118H142N8O23S. The summed E-state index contributed by atoms with van der Waals surface area (Å²) in [5.74, 6) is -1.99. The molecule has 32 heteroatoms. The predicted molar refractivity (Wildman–Crippen MR) is 557 cm³/mol. The SMILES string of the molecule is CC1(C)O[C@@H]2CC3C4CCC5=CC(=O)C=CC5(C)C4[C@@H](O)CC3(C)[C@]2(C(=O)Nc2nc3cccnc3s2)O1.CC12C=CC(=O)C=C1CCC1C2[C@@H](O)CC2(C)C1CC[C@]2(O)C(=O)CNC(=O)Oc1ccccc1.CC12C=CC(=O)C=C1CCC1C2[C@@H](O)CC2(C)C1CC[C@]2(O)C(=O)COC(=O)Nc1ccccn1.CN1CCN(c2ccc(CC(=O)OCC(=O)[C@@]3(O)CCC4C5CCC6=CC(=O)C=CC6(C)C5[C@@H](O)CC43C)cc2)CC1. The molecule has 3 aromatic heterocycles. The zero-order chi connectivity index (χ0) is 107. The number of carbonyl (C=O) groups excluding carboxylic acids is 11. The second-order valence-corrected chi connectivity index (χ2v) is 49.4. The highest BCUT2D eigenvalue weighted by Crippen LogP contribution is 2.74. The van der Waals surface area contributed by atoms with Crippen LogP contribution in [0.2, 0.25) is 0 Å². The van der Waals surface area contributed by atoms with E-state index >= 15 is 0 Å². The molecule has 20 unspecified atom stereocenters. The lowest BCUT2D eigenvalue weighted by atomic mass is 9.46. The number of aliphatic hydroxyl groups excluding tert-OH is 4. The highest BCUT2D eigenvalue weighted by atomic mass is 32.1. The van der Waals surface area contributed by atoms with E-state index < -0.39 is 145 Å². The van der Waals surface area contributed by atoms with Gasteiger partial charge in [-0.15, -0.1) is 0 Å². The predicted octanol–water partition coefficient (Wildman–Crippen LogP) is 14.1. The first kappa shape index (κ1) is 106. The number of ketones is 7. The minimum absolute atomic E-state index is 0.00545. The number of hydrogen-bond acceptors (Lipinski definition) is 29. The van der Waals surface area contributed by atoms with Gasteiger partial charge in [0.2, 0.25) is 11.6 Å². The molecule has 0 spiro atoms. The van der Waals surface area contributed by atoms with Crippen LogP contribution in [-0.2, 0) is 68.5 Å². The number of ether oxygens (including phenoxy) is 5. The molecule has 10 N–H and O–H groups in total. The van der Waals surface area contributed by atoms with Gasteiger partial charge in [-0.2, -0.15) is 0 Å². The summed E-state index contributed by atoms with van der Waals surface area (Å²) in [5.41, 5.74) is -3.97. The van der Waals surface area contributed by atoms with Crippen molar-refractivity contribution in [2.45, 2.75) is 256 Å². The van der Waals surface area contributed by atoms with Crippen LogP contribution in [0.25, 0.3) is 10.3 Å². The zero-order valence-corrected chi connectivity index (χ0v) is 88.2. The van der Waals surface area contributed by atoms with Gasteiger partial charge in [0.1, 0.15) is 38.7 Å². The van der Waals surface area contributed by atoms with Crippen LogP contribution >= 0.6 is 11.3 Å². The molecule has 0 radical (unpaired) electrons. The molecule has 2 saturated heterocycles. The number of amides is 3. The van der Waals surface area contributed by atoms with Gasteiger partial charge in [-0.25, -0.2) is 24.5 Å². The molecule has 5 aromatic rings. The Morgan fingerprint density at radius 2 is 0.907 bits per heavy atom. The number of aromatic nitrogens is 3. The van der Waals surface area contributed by atoms with Crippen molar-refractivity contribution in [2.24, 2.45) is 114 Å². The van der Waals surface area contributed by atoms with E-state index in [0.717, 1.165) is 121 Å². The number of anilines is 3. The van der Waals surface area contributed by atoms with E-state index in [1.54, 1.807) is 103 Å². The van der Waals surface area contributed by atoms with Gasteiger partial charge in [0.25, 0.3) is 5.91 Å². The van der Waals surface area contributed by atoms with Gasteiger partial charge in [0.15, 0.2) is 58.6 Å². The lowest BCUT2D eigenvalue weighted by Crippen LogP contribution is -2.64. The average Bonchev–Trinajstić information content (AvgIpc) is 1.49.